The topological polar surface area (TPSA) is 80.3 Å². The zero-order chi connectivity index (χ0) is 42.0. The highest BCUT2D eigenvalue weighted by molar-refractivity contribution is 6.09. The lowest BCUT2D eigenvalue weighted by atomic mass is 9.95. The normalized spacial score (nSPS) is 10.0. The molecule has 0 aliphatic rings. The molecule has 0 aromatic heterocycles. The third-order valence-electron chi connectivity index (χ3n) is 9.59. The average Bonchev–Trinajstić information content (AvgIpc) is 3.30. The summed E-state index contributed by atoms with van der Waals surface area (Å²) in [5, 5.41) is 3.50. The number of esters is 2. The lowest BCUT2D eigenvalue weighted by molar-refractivity contribution is 0.0591. The van der Waals surface area contributed by atoms with Crippen LogP contribution in [0.25, 0.3) is 21.5 Å². The van der Waals surface area contributed by atoms with Crippen LogP contribution in [-0.4, -0.2) is 47.5 Å². The molecule has 7 rings (SSSR count). The van der Waals surface area contributed by atoms with Gasteiger partial charge in [0.1, 0.15) is 17.2 Å². The largest absolute Gasteiger partial charge is 0.497 e. The molecule has 290 valence electrons. The average molecular weight is 785 g/mol. The maximum absolute atomic E-state index is 12.9. The molecular weight excluding hydrogens is 749 g/mol. The molecule has 0 saturated heterocycles. The van der Waals surface area contributed by atoms with Crippen molar-refractivity contribution in [2.75, 3.05) is 35.5 Å². The van der Waals surface area contributed by atoms with Gasteiger partial charge in [0.05, 0.1) is 46.7 Å². The van der Waals surface area contributed by atoms with Crippen LogP contribution in [0.1, 0.15) is 65.2 Å². The number of rotatable bonds is 5. The molecule has 7 aromatic carbocycles. The van der Waals surface area contributed by atoms with E-state index in [2.05, 4.69) is 53.4 Å². The van der Waals surface area contributed by atoms with E-state index in [9.17, 15) is 9.59 Å². The molecule has 0 amide bonds. The van der Waals surface area contributed by atoms with Crippen molar-refractivity contribution in [2.45, 2.75) is 0 Å². The lowest BCUT2D eigenvalue weighted by Gasteiger charge is -2.12. The van der Waals surface area contributed by atoms with Crippen LogP contribution in [0.5, 0.6) is 17.2 Å². The highest BCUT2D eigenvalue weighted by Crippen LogP contribution is 2.37. The van der Waals surface area contributed by atoms with E-state index in [0.717, 1.165) is 55.3 Å². The van der Waals surface area contributed by atoms with Crippen molar-refractivity contribution in [3.8, 4) is 64.6 Å². The maximum Gasteiger partial charge on any atom is 0.339 e. The smallest absolute Gasteiger partial charge is 0.339 e. The van der Waals surface area contributed by atoms with Crippen LogP contribution in [0.15, 0.2) is 127 Å². The van der Waals surface area contributed by atoms with E-state index < -0.39 is 11.9 Å². The van der Waals surface area contributed by atoms with E-state index >= 15 is 0 Å². The molecule has 7 aromatic rings. The lowest BCUT2D eigenvalue weighted by Crippen LogP contribution is -2.04. The third kappa shape index (κ3) is 8.78. The summed E-state index contributed by atoms with van der Waals surface area (Å²) in [5.74, 6) is 26.6. The fourth-order valence-electron chi connectivity index (χ4n) is 6.49. The Morgan fingerprint density at radius 1 is 0.367 bits per heavy atom. The summed E-state index contributed by atoms with van der Waals surface area (Å²) in [5.41, 5.74) is 5.97. The molecule has 0 unspecified atom stereocenters. The van der Waals surface area contributed by atoms with Gasteiger partial charge in [0.2, 0.25) is 0 Å². The number of benzene rings is 7. The van der Waals surface area contributed by atoms with Gasteiger partial charge in [-0.25, -0.2) is 9.59 Å². The summed E-state index contributed by atoms with van der Waals surface area (Å²) in [4.78, 5) is 25.7. The molecule has 60 heavy (non-hydrogen) atoms. The molecule has 7 nitrogen and oxygen atoms in total. The van der Waals surface area contributed by atoms with Gasteiger partial charge in [-0.2, -0.15) is 0 Å². The number of hydrogen-bond donors (Lipinski definition) is 0. The Balaban J connectivity index is 1.25. The monoisotopic (exact) mass is 784 g/mol. The Hall–Kier alpha value is -8.36. The first-order chi connectivity index (χ1) is 29.3. The minimum Gasteiger partial charge on any atom is -0.497 e. The van der Waals surface area contributed by atoms with E-state index in [0.29, 0.717) is 39.1 Å². The summed E-state index contributed by atoms with van der Waals surface area (Å²) < 4.78 is 26.7. The molecule has 7 heteroatoms. The zero-order valence-electron chi connectivity index (χ0n) is 33.5. The first kappa shape index (κ1) is 39.9. The van der Waals surface area contributed by atoms with Crippen molar-refractivity contribution < 1.29 is 33.3 Å². The van der Waals surface area contributed by atoms with Crippen LogP contribution in [0.4, 0.5) is 0 Å². The van der Waals surface area contributed by atoms with Gasteiger partial charge in [0.25, 0.3) is 0 Å². The quantitative estimate of drug-likeness (QED) is 0.0979. The zero-order valence-corrected chi connectivity index (χ0v) is 33.5. The fraction of sp³-hybridized carbons (Fsp3) is 0.0943. The van der Waals surface area contributed by atoms with E-state index in [1.54, 1.807) is 45.6 Å². The molecular formula is C53H36O7. The molecule has 0 aliphatic carbocycles. The van der Waals surface area contributed by atoms with Crippen molar-refractivity contribution in [3.05, 3.63) is 183 Å². The Morgan fingerprint density at radius 3 is 1.13 bits per heavy atom. The number of ether oxygens (including phenoxy) is 5. The standard InChI is InChI=1S/C53H36O7/c1-56-43-28-18-35(19-29-43)12-22-41-26-16-37(32-49(41)52(54)59-4)14-24-39-8-6-10-45-47(39)34-48-40(9-7-11-46(48)51(45)58-3)25-15-38-17-27-42(50(33-38)53(55)60-5)23-13-36-20-30-44(57-2)31-21-36/h6-11,16-21,26-34H,1-5H3. The van der Waals surface area contributed by atoms with Gasteiger partial charge in [-0.15, -0.1) is 0 Å². The fourth-order valence-corrected chi connectivity index (χ4v) is 6.49. The van der Waals surface area contributed by atoms with Crippen LogP contribution in [0.2, 0.25) is 0 Å². The SMILES string of the molecule is COC(=O)c1cc(C#Cc2cccc3c(OC)c4cccc(C#Cc5ccc(C#Cc6ccc(OC)cc6)c(C(=O)OC)c5)c4cc23)ccc1C#Cc1ccc(OC)cc1. The molecule has 0 fully saturated rings. The summed E-state index contributed by atoms with van der Waals surface area (Å²) in [6.45, 7) is 0. The predicted octanol–water partition coefficient (Wildman–Crippen LogP) is 9.19. The number of methoxy groups -OCH3 is 5. The second-order valence-electron chi connectivity index (χ2n) is 13.2. The minimum atomic E-state index is -0.511. The van der Waals surface area contributed by atoms with Crippen LogP contribution in [0, 0.1) is 47.4 Å². The number of hydrogen-bond acceptors (Lipinski definition) is 7. The van der Waals surface area contributed by atoms with Gasteiger partial charge in [-0.1, -0.05) is 71.6 Å². The van der Waals surface area contributed by atoms with Crippen LogP contribution in [-0.2, 0) is 9.47 Å². The predicted molar refractivity (Wildman–Crippen MR) is 233 cm³/mol. The summed E-state index contributed by atoms with van der Waals surface area (Å²) in [6, 6.07) is 39.1. The van der Waals surface area contributed by atoms with Gasteiger partial charge in [0.15, 0.2) is 0 Å². The molecule has 0 heterocycles. The summed E-state index contributed by atoms with van der Waals surface area (Å²) in [6.07, 6.45) is 0. The van der Waals surface area contributed by atoms with Gasteiger partial charge in [0, 0.05) is 66.1 Å². The van der Waals surface area contributed by atoms with Crippen molar-refractivity contribution >= 4 is 33.5 Å². The first-order valence-corrected chi connectivity index (χ1v) is 18.7. The molecule has 0 N–H and O–H groups in total. The second kappa shape index (κ2) is 18.3. The van der Waals surface area contributed by atoms with Crippen molar-refractivity contribution in [1.29, 1.82) is 0 Å². The Morgan fingerprint density at radius 2 is 0.750 bits per heavy atom. The van der Waals surface area contributed by atoms with Crippen LogP contribution >= 0.6 is 0 Å². The van der Waals surface area contributed by atoms with E-state index in [4.69, 9.17) is 23.7 Å². The van der Waals surface area contributed by atoms with Crippen LogP contribution in [0.3, 0.4) is 0 Å². The molecule has 0 radical (unpaired) electrons. The highest BCUT2D eigenvalue weighted by Gasteiger charge is 2.15. The second-order valence-corrected chi connectivity index (χ2v) is 13.2. The van der Waals surface area contributed by atoms with Gasteiger partial charge in [-0.05, 0) is 103 Å². The van der Waals surface area contributed by atoms with Crippen LogP contribution < -0.4 is 14.2 Å². The molecule has 0 bridgehead atoms. The maximum atomic E-state index is 12.9. The number of carbonyl (C=O) groups excluding carboxylic acids is 2. The van der Waals surface area contributed by atoms with Crippen molar-refractivity contribution in [1.82, 2.24) is 0 Å². The van der Waals surface area contributed by atoms with Gasteiger partial charge >= 0.3 is 11.9 Å². The molecule has 0 atom stereocenters. The Labute approximate surface area is 348 Å². The summed E-state index contributed by atoms with van der Waals surface area (Å²) in [7, 11) is 7.53. The Bertz CT molecular complexity index is 2850. The molecule has 0 saturated carbocycles. The molecule has 0 aliphatic heterocycles. The van der Waals surface area contributed by atoms with E-state index in [1.807, 2.05) is 97.1 Å². The van der Waals surface area contributed by atoms with Crippen molar-refractivity contribution in [3.63, 3.8) is 0 Å². The Kier molecular flexibility index (Phi) is 12.1. The van der Waals surface area contributed by atoms with E-state index in [1.165, 1.54) is 14.2 Å². The number of carbonyl (C=O) groups is 2. The van der Waals surface area contributed by atoms with E-state index in [-0.39, 0.29) is 0 Å². The number of fused-ring (bicyclic) bond motifs is 2. The minimum absolute atomic E-state index is 0.314. The first-order valence-electron chi connectivity index (χ1n) is 18.7. The third-order valence-corrected chi connectivity index (χ3v) is 9.59. The van der Waals surface area contributed by atoms with Gasteiger partial charge < -0.3 is 23.7 Å². The highest BCUT2D eigenvalue weighted by atomic mass is 16.5. The molecule has 0 spiro atoms. The summed E-state index contributed by atoms with van der Waals surface area (Å²) >= 11 is 0. The van der Waals surface area contributed by atoms with Crippen molar-refractivity contribution in [2.24, 2.45) is 0 Å². The van der Waals surface area contributed by atoms with Gasteiger partial charge in [-0.3, -0.25) is 0 Å².